The van der Waals surface area contributed by atoms with Crippen LogP contribution in [0.1, 0.15) is 26.2 Å². The van der Waals surface area contributed by atoms with Crippen LogP contribution in [0.3, 0.4) is 0 Å². The van der Waals surface area contributed by atoms with Crippen molar-refractivity contribution in [3.8, 4) is 11.4 Å². The Hall–Kier alpha value is -1.63. The van der Waals surface area contributed by atoms with E-state index in [-0.39, 0.29) is 18.3 Å². The second kappa shape index (κ2) is 9.61. The van der Waals surface area contributed by atoms with E-state index in [1.165, 1.54) is 0 Å². The SMILES string of the molecule is CC(C)C[C@H](N)C(=O)NCCc1nc(-c2ccc(Cl)cc2)no1.Cl. The summed E-state index contributed by atoms with van der Waals surface area (Å²) in [7, 11) is 0. The van der Waals surface area contributed by atoms with Crippen LogP contribution in [-0.2, 0) is 11.2 Å². The molecule has 0 saturated carbocycles. The van der Waals surface area contributed by atoms with Gasteiger partial charge in [0.15, 0.2) is 0 Å². The first-order valence-electron chi connectivity index (χ1n) is 7.57. The zero-order chi connectivity index (χ0) is 16.8. The standard InChI is InChI=1S/C16H21ClN4O2.ClH/c1-10(2)9-13(18)16(22)19-8-7-14-20-15(21-23-14)11-3-5-12(17)6-4-11;/h3-6,10,13H,7-9,18H2,1-2H3,(H,19,22);1H/t13-;/m0./s1. The maximum absolute atomic E-state index is 11.8. The molecule has 2 aromatic rings. The van der Waals surface area contributed by atoms with Crippen LogP contribution >= 0.6 is 24.0 Å². The number of aromatic nitrogens is 2. The number of rotatable bonds is 7. The number of benzene rings is 1. The minimum atomic E-state index is -0.484. The number of halogens is 2. The molecule has 0 radical (unpaired) electrons. The van der Waals surface area contributed by atoms with Crippen molar-refractivity contribution in [2.45, 2.75) is 32.7 Å². The number of hydrogen-bond donors (Lipinski definition) is 2. The van der Waals surface area contributed by atoms with Crippen LogP contribution in [0.5, 0.6) is 0 Å². The van der Waals surface area contributed by atoms with Crippen LogP contribution in [0.25, 0.3) is 11.4 Å². The highest BCUT2D eigenvalue weighted by atomic mass is 35.5. The van der Waals surface area contributed by atoms with Gasteiger partial charge in [0.25, 0.3) is 0 Å². The minimum absolute atomic E-state index is 0. The molecule has 0 spiro atoms. The fraction of sp³-hybridized carbons (Fsp3) is 0.438. The van der Waals surface area contributed by atoms with Gasteiger partial charge < -0.3 is 15.6 Å². The first-order chi connectivity index (χ1) is 11.0. The quantitative estimate of drug-likeness (QED) is 0.778. The average molecular weight is 373 g/mol. The molecule has 132 valence electrons. The largest absolute Gasteiger partial charge is 0.354 e. The zero-order valence-electron chi connectivity index (χ0n) is 13.7. The first kappa shape index (κ1) is 20.4. The van der Waals surface area contributed by atoms with E-state index >= 15 is 0 Å². The molecule has 1 heterocycles. The van der Waals surface area contributed by atoms with Crippen molar-refractivity contribution < 1.29 is 9.32 Å². The minimum Gasteiger partial charge on any atom is -0.354 e. The number of carbonyl (C=O) groups excluding carboxylic acids is 1. The number of nitrogens with zero attached hydrogens (tertiary/aromatic N) is 2. The van der Waals surface area contributed by atoms with E-state index in [1.807, 2.05) is 26.0 Å². The molecule has 3 N–H and O–H groups in total. The smallest absolute Gasteiger partial charge is 0.236 e. The van der Waals surface area contributed by atoms with E-state index < -0.39 is 6.04 Å². The Morgan fingerprint density at radius 2 is 2.00 bits per heavy atom. The van der Waals surface area contributed by atoms with Crippen LogP contribution < -0.4 is 11.1 Å². The molecule has 0 saturated heterocycles. The van der Waals surface area contributed by atoms with Gasteiger partial charge in [-0.05, 0) is 36.6 Å². The molecule has 1 atom stereocenters. The number of amides is 1. The van der Waals surface area contributed by atoms with Gasteiger partial charge in [0, 0.05) is 23.6 Å². The van der Waals surface area contributed by atoms with Gasteiger partial charge in [-0.1, -0.05) is 30.6 Å². The fourth-order valence-electron chi connectivity index (χ4n) is 2.11. The van der Waals surface area contributed by atoms with Crippen molar-refractivity contribution in [3.05, 3.63) is 35.2 Å². The number of hydrogen-bond acceptors (Lipinski definition) is 5. The molecule has 1 amide bonds. The van der Waals surface area contributed by atoms with Gasteiger partial charge in [-0.15, -0.1) is 12.4 Å². The number of carbonyl (C=O) groups is 1. The van der Waals surface area contributed by atoms with E-state index in [0.29, 0.717) is 42.0 Å². The molecule has 0 aliphatic carbocycles. The molecule has 6 nitrogen and oxygen atoms in total. The Morgan fingerprint density at radius 1 is 1.33 bits per heavy atom. The van der Waals surface area contributed by atoms with Gasteiger partial charge in [-0.25, -0.2) is 0 Å². The maximum Gasteiger partial charge on any atom is 0.236 e. The summed E-state index contributed by atoms with van der Waals surface area (Å²) in [5, 5.41) is 7.36. The van der Waals surface area contributed by atoms with Crippen molar-refractivity contribution in [1.29, 1.82) is 0 Å². The van der Waals surface area contributed by atoms with Gasteiger partial charge in [-0.2, -0.15) is 4.98 Å². The summed E-state index contributed by atoms with van der Waals surface area (Å²) in [4.78, 5) is 16.1. The molecule has 0 aliphatic heterocycles. The van der Waals surface area contributed by atoms with E-state index in [2.05, 4.69) is 15.5 Å². The summed E-state index contributed by atoms with van der Waals surface area (Å²) in [5.41, 5.74) is 6.64. The van der Waals surface area contributed by atoms with E-state index in [1.54, 1.807) is 12.1 Å². The van der Waals surface area contributed by atoms with Gasteiger partial charge in [-0.3, -0.25) is 4.79 Å². The Balaban J connectivity index is 0.00000288. The Bertz CT molecular complexity index is 644. The lowest BCUT2D eigenvalue weighted by Crippen LogP contribution is -2.42. The lowest BCUT2D eigenvalue weighted by Gasteiger charge is -2.13. The topological polar surface area (TPSA) is 94.0 Å². The predicted molar refractivity (Wildman–Crippen MR) is 96.1 cm³/mol. The number of nitrogens with two attached hydrogens (primary N) is 1. The summed E-state index contributed by atoms with van der Waals surface area (Å²) in [6.07, 6.45) is 1.12. The second-order valence-corrected chi connectivity index (χ2v) is 6.23. The van der Waals surface area contributed by atoms with Crippen molar-refractivity contribution in [3.63, 3.8) is 0 Å². The number of nitrogens with one attached hydrogen (secondary N) is 1. The lowest BCUT2D eigenvalue weighted by atomic mass is 10.0. The van der Waals surface area contributed by atoms with Crippen LogP contribution in [0, 0.1) is 5.92 Å². The normalized spacial score (nSPS) is 11.9. The molecule has 1 aromatic heterocycles. The van der Waals surface area contributed by atoms with E-state index in [4.69, 9.17) is 21.9 Å². The Morgan fingerprint density at radius 3 is 2.62 bits per heavy atom. The lowest BCUT2D eigenvalue weighted by molar-refractivity contribution is -0.122. The molecule has 0 aliphatic rings. The molecular formula is C16H22Cl2N4O2. The molecule has 0 fully saturated rings. The Kier molecular flexibility index (Phi) is 8.18. The van der Waals surface area contributed by atoms with Gasteiger partial charge >= 0.3 is 0 Å². The highest BCUT2D eigenvalue weighted by Gasteiger charge is 2.15. The molecule has 1 aromatic carbocycles. The molecule has 0 bridgehead atoms. The Labute approximate surface area is 152 Å². The molecular weight excluding hydrogens is 351 g/mol. The van der Waals surface area contributed by atoms with Crippen molar-refractivity contribution in [2.24, 2.45) is 11.7 Å². The van der Waals surface area contributed by atoms with Crippen molar-refractivity contribution in [2.75, 3.05) is 6.54 Å². The predicted octanol–water partition coefficient (Wildman–Crippen LogP) is 2.84. The van der Waals surface area contributed by atoms with Crippen molar-refractivity contribution in [1.82, 2.24) is 15.5 Å². The fourth-order valence-corrected chi connectivity index (χ4v) is 2.24. The summed E-state index contributed by atoms with van der Waals surface area (Å²) < 4.78 is 5.18. The second-order valence-electron chi connectivity index (χ2n) is 5.80. The van der Waals surface area contributed by atoms with Gasteiger partial charge in [0.2, 0.25) is 17.6 Å². The maximum atomic E-state index is 11.8. The van der Waals surface area contributed by atoms with E-state index in [0.717, 1.165) is 5.56 Å². The molecule has 8 heteroatoms. The summed E-state index contributed by atoms with van der Waals surface area (Å²) in [5.74, 6) is 1.19. The van der Waals surface area contributed by atoms with Gasteiger partial charge in [0.1, 0.15) is 0 Å². The summed E-state index contributed by atoms with van der Waals surface area (Å²) in [6, 6.07) is 6.70. The summed E-state index contributed by atoms with van der Waals surface area (Å²) in [6.45, 7) is 4.47. The van der Waals surface area contributed by atoms with Crippen LogP contribution in [0.15, 0.2) is 28.8 Å². The average Bonchev–Trinajstić information content (AvgIpc) is 2.96. The molecule has 24 heavy (non-hydrogen) atoms. The third-order valence-corrected chi connectivity index (χ3v) is 3.52. The van der Waals surface area contributed by atoms with Crippen LogP contribution in [-0.4, -0.2) is 28.6 Å². The van der Waals surface area contributed by atoms with Crippen molar-refractivity contribution >= 4 is 29.9 Å². The highest BCUT2D eigenvalue weighted by Crippen LogP contribution is 2.18. The van der Waals surface area contributed by atoms with Crippen LogP contribution in [0.4, 0.5) is 0 Å². The highest BCUT2D eigenvalue weighted by molar-refractivity contribution is 6.30. The summed E-state index contributed by atoms with van der Waals surface area (Å²) >= 11 is 5.84. The van der Waals surface area contributed by atoms with E-state index in [9.17, 15) is 4.79 Å². The molecule has 0 unspecified atom stereocenters. The van der Waals surface area contributed by atoms with Gasteiger partial charge in [0.05, 0.1) is 6.04 Å². The molecule has 2 rings (SSSR count). The monoisotopic (exact) mass is 372 g/mol. The zero-order valence-corrected chi connectivity index (χ0v) is 15.2. The van der Waals surface area contributed by atoms with Crippen LogP contribution in [0.2, 0.25) is 5.02 Å². The third kappa shape index (κ3) is 6.11. The third-order valence-electron chi connectivity index (χ3n) is 3.27. The first-order valence-corrected chi connectivity index (χ1v) is 7.95.